The molecule has 1 aromatic heterocycles. The van der Waals surface area contributed by atoms with Crippen molar-refractivity contribution in [2.45, 2.75) is 18.4 Å². The molecule has 2 N–H and O–H groups in total. The first-order valence-corrected chi connectivity index (χ1v) is 8.00. The van der Waals surface area contributed by atoms with Gasteiger partial charge in [-0.05, 0) is 50.2 Å². The molecule has 2 aromatic rings. The number of furan rings is 1. The van der Waals surface area contributed by atoms with E-state index in [4.69, 9.17) is 21.0 Å². The van der Waals surface area contributed by atoms with Crippen molar-refractivity contribution in [3.63, 3.8) is 0 Å². The molecule has 1 amide bonds. The van der Waals surface area contributed by atoms with E-state index in [1.165, 1.54) is 0 Å². The number of halogens is 1. The maximum absolute atomic E-state index is 12.9. The van der Waals surface area contributed by atoms with Crippen molar-refractivity contribution in [1.29, 1.82) is 0 Å². The van der Waals surface area contributed by atoms with E-state index in [9.17, 15) is 4.79 Å². The Morgan fingerprint density at radius 3 is 2.78 bits per heavy atom. The van der Waals surface area contributed by atoms with Crippen LogP contribution >= 0.6 is 11.6 Å². The number of aliphatic imine (C=N–C) groups is 1. The molecule has 0 saturated carbocycles. The lowest BCUT2D eigenvalue weighted by Crippen LogP contribution is -2.49. The maximum Gasteiger partial charge on any atom is 0.252 e. The quantitative estimate of drug-likeness (QED) is 0.845. The number of fused-ring (bicyclic) bond motifs is 1. The summed E-state index contributed by atoms with van der Waals surface area (Å²) in [5.41, 5.74) is 2.40. The molecular weight excluding hydrogens is 314 g/mol. The highest BCUT2D eigenvalue weighted by Gasteiger charge is 2.42. The number of nitrogens with zero attached hydrogens (tertiary/aromatic N) is 1. The molecule has 118 valence electrons. The average Bonchev–Trinajstić information content (AvgIpc) is 3.06. The summed E-state index contributed by atoms with van der Waals surface area (Å²) in [6.45, 7) is 1.54. The molecule has 5 nitrogen and oxygen atoms in total. The number of piperidine rings is 1. The highest BCUT2D eigenvalue weighted by Crippen LogP contribution is 2.34. The summed E-state index contributed by atoms with van der Waals surface area (Å²) in [5.74, 6) is -0.0546. The lowest BCUT2D eigenvalue weighted by Gasteiger charge is -2.32. The van der Waals surface area contributed by atoms with E-state index >= 15 is 0 Å². The zero-order valence-electron chi connectivity index (χ0n) is 12.4. The summed E-state index contributed by atoms with van der Waals surface area (Å²) in [6.07, 6.45) is 4.59. The molecule has 0 bridgehead atoms. The van der Waals surface area contributed by atoms with Crippen LogP contribution in [0.3, 0.4) is 0 Å². The van der Waals surface area contributed by atoms with Gasteiger partial charge in [-0.1, -0.05) is 11.6 Å². The Morgan fingerprint density at radius 1 is 1.22 bits per heavy atom. The van der Waals surface area contributed by atoms with Gasteiger partial charge >= 0.3 is 0 Å². The second-order valence-electron chi connectivity index (χ2n) is 5.90. The minimum Gasteiger partial charge on any atom is -0.472 e. The van der Waals surface area contributed by atoms with E-state index in [0.29, 0.717) is 17.9 Å². The van der Waals surface area contributed by atoms with Crippen LogP contribution < -0.4 is 10.6 Å². The first-order valence-electron chi connectivity index (χ1n) is 7.62. The number of carbonyl (C=O) groups is 1. The van der Waals surface area contributed by atoms with Gasteiger partial charge in [0.15, 0.2) is 0 Å². The smallest absolute Gasteiger partial charge is 0.252 e. The van der Waals surface area contributed by atoms with Crippen LogP contribution in [0, 0.1) is 0 Å². The number of hydrogen-bond acceptors (Lipinski definition) is 4. The molecule has 1 fully saturated rings. The summed E-state index contributed by atoms with van der Waals surface area (Å²) < 4.78 is 5.22. The van der Waals surface area contributed by atoms with Crippen LogP contribution in [-0.4, -0.2) is 30.2 Å². The van der Waals surface area contributed by atoms with Crippen LogP contribution in [0.15, 0.2) is 46.2 Å². The Bertz CT molecular complexity index is 777. The number of rotatable bonds is 1. The fourth-order valence-corrected chi connectivity index (χ4v) is 3.36. The van der Waals surface area contributed by atoms with Gasteiger partial charge in [0, 0.05) is 16.1 Å². The number of amides is 1. The molecule has 0 atom stereocenters. The number of benzene rings is 1. The van der Waals surface area contributed by atoms with E-state index < -0.39 is 5.54 Å². The van der Waals surface area contributed by atoms with Gasteiger partial charge in [0.1, 0.15) is 5.54 Å². The predicted molar refractivity (Wildman–Crippen MR) is 89.3 cm³/mol. The predicted octanol–water partition coefficient (Wildman–Crippen LogP) is 2.84. The molecule has 2 aliphatic rings. The SMILES string of the molecule is O=C1Nc2ccc(Cl)cc2C(c2ccoc2)=NC12CCNCC2. The fraction of sp³-hybridized carbons (Fsp3) is 0.294. The molecular formula is C17H16ClN3O2. The normalized spacial score (nSPS) is 19.7. The Balaban J connectivity index is 1.94. The van der Waals surface area contributed by atoms with Crippen molar-refractivity contribution >= 4 is 28.9 Å². The van der Waals surface area contributed by atoms with Crippen molar-refractivity contribution in [2.24, 2.45) is 4.99 Å². The van der Waals surface area contributed by atoms with E-state index in [1.807, 2.05) is 18.2 Å². The Kier molecular flexibility index (Phi) is 3.47. The summed E-state index contributed by atoms with van der Waals surface area (Å²) in [6, 6.07) is 7.29. The molecule has 4 rings (SSSR count). The minimum absolute atomic E-state index is 0.0546. The summed E-state index contributed by atoms with van der Waals surface area (Å²) in [5, 5.41) is 6.93. The van der Waals surface area contributed by atoms with Crippen LogP contribution in [-0.2, 0) is 4.79 Å². The van der Waals surface area contributed by atoms with Crippen LogP contribution in [0.25, 0.3) is 0 Å². The van der Waals surface area contributed by atoms with Gasteiger partial charge in [-0.25, -0.2) is 0 Å². The highest BCUT2D eigenvalue weighted by atomic mass is 35.5. The van der Waals surface area contributed by atoms with Crippen LogP contribution in [0.1, 0.15) is 24.0 Å². The zero-order chi connectivity index (χ0) is 15.9. The van der Waals surface area contributed by atoms with Gasteiger partial charge in [-0.3, -0.25) is 9.79 Å². The summed E-state index contributed by atoms with van der Waals surface area (Å²) in [4.78, 5) is 17.8. The second kappa shape index (κ2) is 5.51. The molecule has 2 aliphatic heterocycles. The number of anilines is 1. The van der Waals surface area contributed by atoms with E-state index in [-0.39, 0.29) is 5.91 Å². The second-order valence-corrected chi connectivity index (χ2v) is 6.33. The fourth-order valence-electron chi connectivity index (χ4n) is 3.18. The minimum atomic E-state index is -0.747. The zero-order valence-corrected chi connectivity index (χ0v) is 13.2. The average molecular weight is 330 g/mol. The van der Waals surface area contributed by atoms with Gasteiger partial charge in [0.05, 0.1) is 23.9 Å². The lowest BCUT2D eigenvalue weighted by atomic mass is 9.87. The Hall–Kier alpha value is -2.11. The summed E-state index contributed by atoms with van der Waals surface area (Å²) >= 11 is 6.17. The van der Waals surface area contributed by atoms with Gasteiger partial charge in [0.25, 0.3) is 5.91 Å². The molecule has 1 aromatic carbocycles. The molecule has 0 radical (unpaired) electrons. The van der Waals surface area contributed by atoms with E-state index in [1.54, 1.807) is 18.6 Å². The molecule has 3 heterocycles. The lowest BCUT2D eigenvalue weighted by molar-refractivity contribution is -0.121. The molecule has 1 spiro atoms. The molecule has 0 unspecified atom stereocenters. The molecule has 0 aliphatic carbocycles. The van der Waals surface area contributed by atoms with E-state index in [2.05, 4.69) is 10.6 Å². The Labute approximate surface area is 138 Å². The molecule has 1 saturated heterocycles. The number of nitrogens with one attached hydrogen (secondary N) is 2. The van der Waals surface area contributed by atoms with Crippen molar-refractivity contribution in [3.8, 4) is 0 Å². The van der Waals surface area contributed by atoms with Gasteiger partial charge < -0.3 is 15.1 Å². The third kappa shape index (κ3) is 2.46. The van der Waals surface area contributed by atoms with Gasteiger partial charge in [-0.2, -0.15) is 0 Å². The monoisotopic (exact) mass is 329 g/mol. The topological polar surface area (TPSA) is 66.6 Å². The molecule has 6 heteroatoms. The van der Waals surface area contributed by atoms with Crippen LogP contribution in [0.2, 0.25) is 5.02 Å². The largest absolute Gasteiger partial charge is 0.472 e. The van der Waals surface area contributed by atoms with E-state index in [0.717, 1.165) is 35.6 Å². The van der Waals surface area contributed by atoms with Crippen molar-refractivity contribution in [2.75, 3.05) is 18.4 Å². The maximum atomic E-state index is 12.9. The van der Waals surface area contributed by atoms with Gasteiger partial charge in [0.2, 0.25) is 0 Å². The van der Waals surface area contributed by atoms with Crippen LogP contribution in [0.4, 0.5) is 5.69 Å². The third-order valence-electron chi connectivity index (χ3n) is 4.46. The molecule has 23 heavy (non-hydrogen) atoms. The Morgan fingerprint density at radius 2 is 2.04 bits per heavy atom. The number of carbonyl (C=O) groups excluding carboxylic acids is 1. The standard InChI is InChI=1S/C17H16ClN3O2/c18-12-1-2-14-13(9-12)15(11-3-8-23-10-11)21-17(16(22)20-14)4-6-19-7-5-17/h1-3,8-10,19H,4-7H2,(H,20,22). The first-order chi connectivity index (χ1) is 11.2. The summed E-state index contributed by atoms with van der Waals surface area (Å²) in [7, 11) is 0. The van der Waals surface area contributed by atoms with Gasteiger partial charge in [-0.15, -0.1) is 0 Å². The van der Waals surface area contributed by atoms with Crippen molar-refractivity contribution in [1.82, 2.24) is 5.32 Å². The van der Waals surface area contributed by atoms with Crippen LogP contribution in [0.5, 0.6) is 0 Å². The highest BCUT2D eigenvalue weighted by molar-refractivity contribution is 6.32. The number of hydrogen-bond donors (Lipinski definition) is 2. The first kappa shape index (κ1) is 14.5. The van der Waals surface area contributed by atoms with Crippen molar-refractivity contribution < 1.29 is 9.21 Å². The van der Waals surface area contributed by atoms with Crippen molar-refractivity contribution in [3.05, 3.63) is 52.9 Å². The third-order valence-corrected chi connectivity index (χ3v) is 4.69.